The van der Waals surface area contributed by atoms with E-state index >= 15 is 0 Å². The molecule has 3 heterocycles. The van der Waals surface area contributed by atoms with E-state index in [1.54, 1.807) is 6.92 Å². The Morgan fingerprint density at radius 3 is 2.72 bits per heavy atom. The molecule has 0 radical (unpaired) electrons. The third-order valence-corrected chi connectivity index (χ3v) is 5.21. The molecule has 25 heavy (non-hydrogen) atoms. The second kappa shape index (κ2) is 8.62. The predicted octanol–water partition coefficient (Wildman–Crippen LogP) is 1.08. The molecule has 0 unspecified atom stereocenters. The van der Waals surface area contributed by atoms with Gasteiger partial charge in [-0.1, -0.05) is 11.6 Å². The number of piperazine rings is 1. The van der Waals surface area contributed by atoms with Gasteiger partial charge in [0.15, 0.2) is 5.82 Å². The van der Waals surface area contributed by atoms with Crippen LogP contribution in [0.5, 0.6) is 0 Å². The number of carbonyl (C=O) groups is 1. The highest BCUT2D eigenvalue weighted by molar-refractivity contribution is 5.74. The quantitative estimate of drug-likeness (QED) is 0.856. The average molecular weight is 350 g/mol. The van der Waals surface area contributed by atoms with E-state index in [0.29, 0.717) is 24.3 Å². The van der Waals surface area contributed by atoms with Gasteiger partial charge in [-0.15, -0.1) is 0 Å². The summed E-state index contributed by atoms with van der Waals surface area (Å²) in [5.41, 5.74) is 0. The van der Waals surface area contributed by atoms with Crippen molar-refractivity contribution in [2.24, 2.45) is 0 Å². The normalized spacial score (nSPS) is 23.0. The number of hydrogen-bond donors (Lipinski definition) is 1. The molecule has 0 spiro atoms. The van der Waals surface area contributed by atoms with Gasteiger partial charge < -0.3 is 14.7 Å². The van der Waals surface area contributed by atoms with Gasteiger partial charge in [0, 0.05) is 52.2 Å². The van der Waals surface area contributed by atoms with E-state index in [2.05, 4.69) is 32.2 Å². The van der Waals surface area contributed by atoms with Gasteiger partial charge in [-0.05, 0) is 26.3 Å². The summed E-state index contributed by atoms with van der Waals surface area (Å²) in [7, 11) is 0. The van der Waals surface area contributed by atoms with Crippen molar-refractivity contribution >= 4 is 6.03 Å². The molecule has 2 saturated heterocycles. The van der Waals surface area contributed by atoms with E-state index in [4.69, 9.17) is 4.52 Å². The topological polar surface area (TPSA) is 77.7 Å². The Hall–Kier alpha value is -1.67. The van der Waals surface area contributed by atoms with Crippen LogP contribution in [0, 0.1) is 6.92 Å². The molecule has 8 nitrogen and oxygen atoms in total. The minimum Gasteiger partial charge on any atom is -0.340 e. The first-order valence-corrected chi connectivity index (χ1v) is 9.40. The second-order valence-electron chi connectivity index (χ2n) is 7.11. The first-order valence-electron chi connectivity index (χ1n) is 9.40. The summed E-state index contributed by atoms with van der Waals surface area (Å²) in [4.78, 5) is 23.2. The van der Waals surface area contributed by atoms with Crippen molar-refractivity contribution < 1.29 is 9.32 Å². The highest BCUT2D eigenvalue weighted by Gasteiger charge is 2.23. The number of urea groups is 1. The lowest BCUT2D eigenvalue weighted by molar-refractivity contribution is 0.129. The van der Waals surface area contributed by atoms with Crippen LogP contribution in [0.2, 0.25) is 0 Å². The summed E-state index contributed by atoms with van der Waals surface area (Å²) < 4.78 is 5.00. The number of nitrogens with zero attached hydrogens (tertiary/aromatic N) is 5. The van der Waals surface area contributed by atoms with E-state index < -0.39 is 0 Å². The Bertz CT molecular complexity index is 555. The Kier molecular flexibility index (Phi) is 6.25. The Balaban J connectivity index is 1.34. The fourth-order valence-electron chi connectivity index (χ4n) is 3.62. The van der Waals surface area contributed by atoms with Crippen LogP contribution in [0.3, 0.4) is 0 Å². The van der Waals surface area contributed by atoms with Gasteiger partial charge in [0.2, 0.25) is 5.89 Å². The number of aromatic nitrogens is 2. The smallest absolute Gasteiger partial charge is 0.317 e. The number of rotatable bonds is 5. The predicted molar refractivity (Wildman–Crippen MR) is 94.2 cm³/mol. The highest BCUT2D eigenvalue weighted by Crippen LogP contribution is 2.15. The Morgan fingerprint density at radius 1 is 1.24 bits per heavy atom. The molecule has 0 saturated carbocycles. The van der Waals surface area contributed by atoms with Crippen LogP contribution in [0.1, 0.15) is 37.9 Å². The van der Waals surface area contributed by atoms with Gasteiger partial charge in [0.1, 0.15) is 0 Å². The molecule has 1 atom stereocenters. The molecule has 1 N–H and O–H groups in total. The van der Waals surface area contributed by atoms with Crippen LogP contribution in [0.15, 0.2) is 4.52 Å². The lowest BCUT2D eigenvalue weighted by atomic mass is 10.0. The number of carbonyl (C=O) groups excluding carboxylic acids is 1. The van der Waals surface area contributed by atoms with Crippen molar-refractivity contribution in [3.8, 4) is 0 Å². The number of piperidine rings is 1. The lowest BCUT2D eigenvalue weighted by Crippen LogP contribution is -2.52. The van der Waals surface area contributed by atoms with Gasteiger partial charge in [-0.2, -0.15) is 4.98 Å². The largest absolute Gasteiger partial charge is 0.340 e. The molecule has 2 fully saturated rings. The van der Waals surface area contributed by atoms with Gasteiger partial charge in [-0.25, -0.2) is 4.79 Å². The van der Waals surface area contributed by atoms with Crippen molar-refractivity contribution in [3.05, 3.63) is 11.7 Å². The highest BCUT2D eigenvalue weighted by atomic mass is 16.5. The van der Waals surface area contributed by atoms with Crippen LogP contribution in [0.4, 0.5) is 4.79 Å². The maximum atomic E-state index is 12.3. The zero-order valence-electron chi connectivity index (χ0n) is 15.4. The molecular weight excluding hydrogens is 320 g/mol. The molecule has 1 aromatic rings. The summed E-state index contributed by atoms with van der Waals surface area (Å²) in [6.07, 6.45) is 3.88. The first kappa shape index (κ1) is 18.1. The number of nitrogens with one attached hydrogen (secondary N) is 1. The minimum absolute atomic E-state index is 0.0553. The first-order chi connectivity index (χ1) is 12.1. The standard InChI is InChI=1S/C17H30N6O2/c1-14-5-3-4-7-22(14)8-6-18-17(24)23-11-9-21(10-12-23)13-16-19-15(2)25-20-16/h14H,3-13H2,1-2H3,(H,18,24)/t14-/m0/s1. The number of aryl methyl sites for hydroxylation is 1. The maximum Gasteiger partial charge on any atom is 0.317 e. The molecule has 0 bridgehead atoms. The molecular formula is C17H30N6O2. The Labute approximate surface area is 149 Å². The van der Waals surface area contributed by atoms with Gasteiger partial charge in [-0.3, -0.25) is 9.80 Å². The SMILES string of the molecule is Cc1nc(CN2CCN(C(=O)NCCN3CCCC[C@@H]3C)CC2)no1. The zero-order valence-corrected chi connectivity index (χ0v) is 15.4. The molecule has 140 valence electrons. The third kappa shape index (κ3) is 5.15. The summed E-state index contributed by atoms with van der Waals surface area (Å²) in [5, 5.41) is 7.00. The van der Waals surface area contributed by atoms with Crippen LogP contribution in [-0.2, 0) is 6.54 Å². The van der Waals surface area contributed by atoms with E-state index in [0.717, 1.165) is 45.8 Å². The van der Waals surface area contributed by atoms with E-state index in [9.17, 15) is 4.79 Å². The van der Waals surface area contributed by atoms with Gasteiger partial charge in [0.25, 0.3) is 0 Å². The summed E-state index contributed by atoms with van der Waals surface area (Å²) in [6.45, 7) is 10.7. The van der Waals surface area contributed by atoms with E-state index in [1.165, 1.54) is 19.3 Å². The number of amides is 2. The molecule has 1 aromatic heterocycles. The fraction of sp³-hybridized carbons (Fsp3) is 0.824. The van der Waals surface area contributed by atoms with E-state index in [1.807, 2.05) is 4.90 Å². The number of likely N-dealkylation sites (tertiary alicyclic amines) is 1. The number of hydrogen-bond acceptors (Lipinski definition) is 6. The Morgan fingerprint density at radius 2 is 2.04 bits per heavy atom. The summed E-state index contributed by atoms with van der Waals surface area (Å²) >= 11 is 0. The van der Waals surface area contributed by atoms with Crippen molar-refractivity contribution in [1.29, 1.82) is 0 Å². The summed E-state index contributed by atoms with van der Waals surface area (Å²) in [6, 6.07) is 0.697. The second-order valence-corrected chi connectivity index (χ2v) is 7.11. The van der Waals surface area contributed by atoms with Crippen LogP contribution >= 0.6 is 0 Å². The van der Waals surface area contributed by atoms with Crippen molar-refractivity contribution in [3.63, 3.8) is 0 Å². The molecule has 8 heteroatoms. The fourth-order valence-corrected chi connectivity index (χ4v) is 3.62. The van der Waals surface area contributed by atoms with Crippen molar-refractivity contribution in [1.82, 2.24) is 30.2 Å². The van der Waals surface area contributed by atoms with Crippen molar-refractivity contribution in [2.75, 3.05) is 45.8 Å². The third-order valence-electron chi connectivity index (χ3n) is 5.21. The average Bonchev–Trinajstić information content (AvgIpc) is 3.02. The van der Waals surface area contributed by atoms with Crippen molar-refractivity contribution in [2.45, 2.75) is 45.7 Å². The summed E-state index contributed by atoms with van der Waals surface area (Å²) in [5.74, 6) is 1.31. The maximum absolute atomic E-state index is 12.3. The molecule has 2 aliphatic rings. The molecule has 2 aliphatic heterocycles. The van der Waals surface area contributed by atoms with Gasteiger partial charge >= 0.3 is 6.03 Å². The van der Waals surface area contributed by atoms with Crippen LogP contribution in [0.25, 0.3) is 0 Å². The van der Waals surface area contributed by atoms with Crippen LogP contribution < -0.4 is 5.32 Å². The molecule has 2 amide bonds. The molecule has 3 rings (SSSR count). The van der Waals surface area contributed by atoms with Crippen LogP contribution in [-0.4, -0.2) is 82.7 Å². The molecule has 0 aliphatic carbocycles. The molecule has 0 aromatic carbocycles. The van der Waals surface area contributed by atoms with E-state index in [-0.39, 0.29) is 6.03 Å². The van der Waals surface area contributed by atoms with Gasteiger partial charge in [0.05, 0.1) is 6.54 Å². The monoisotopic (exact) mass is 350 g/mol. The zero-order chi connectivity index (χ0) is 17.6. The lowest BCUT2D eigenvalue weighted by Gasteiger charge is -2.35. The minimum atomic E-state index is 0.0553.